The summed E-state index contributed by atoms with van der Waals surface area (Å²) in [5, 5.41) is 6.30. The number of nitrogens with zero attached hydrogens (tertiary/aromatic N) is 3. The maximum atomic E-state index is 5.70. The number of nitrogens with two attached hydrogens (primary N) is 1. The lowest BCUT2D eigenvalue weighted by atomic mass is 10.2. The highest BCUT2D eigenvalue weighted by Crippen LogP contribution is 2.25. The summed E-state index contributed by atoms with van der Waals surface area (Å²) in [4.78, 5) is 13.6. The van der Waals surface area contributed by atoms with Crippen LogP contribution in [-0.2, 0) is 6.42 Å². The highest BCUT2D eigenvalue weighted by atomic mass is 32.1. The van der Waals surface area contributed by atoms with E-state index in [0.29, 0.717) is 5.95 Å². The topological polar surface area (TPSA) is 76.7 Å². The molecular weight excluding hydrogens is 258 g/mol. The smallest absolute Gasteiger partial charge is 0.223 e. The van der Waals surface area contributed by atoms with Crippen LogP contribution in [0.4, 0.5) is 11.8 Å². The maximum Gasteiger partial charge on any atom is 0.223 e. The molecule has 0 saturated heterocycles. The second-order valence-corrected chi connectivity index (χ2v) is 4.96. The molecular formula is C13H13N5S. The van der Waals surface area contributed by atoms with E-state index in [0.717, 1.165) is 34.7 Å². The second-order valence-electron chi connectivity index (χ2n) is 4.07. The Balaban J connectivity index is 1.73. The van der Waals surface area contributed by atoms with E-state index >= 15 is 0 Å². The molecule has 0 saturated carbocycles. The predicted molar refractivity (Wildman–Crippen MR) is 78.3 cm³/mol. The molecule has 0 aliphatic heterocycles. The van der Waals surface area contributed by atoms with Gasteiger partial charge >= 0.3 is 0 Å². The van der Waals surface area contributed by atoms with Crippen molar-refractivity contribution in [3.8, 4) is 0 Å². The van der Waals surface area contributed by atoms with Crippen molar-refractivity contribution in [2.75, 3.05) is 17.6 Å². The largest absolute Gasteiger partial charge is 0.369 e. The summed E-state index contributed by atoms with van der Waals surface area (Å²) < 4.78 is 0. The monoisotopic (exact) mass is 271 g/mol. The molecule has 19 heavy (non-hydrogen) atoms. The quantitative estimate of drug-likeness (QED) is 0.761. The normalized spacial score (nSPS) is 10.7. The Morgan fingerprint density at radius 2 is 2.16 bits per heavy atom. The summed E-state index contributed by atoms with van der Waals surface area (Å²) in [6.07, 6.45) is 2.64. The molecule has 3 heterocycles. The van der Waals surface area contributed by atoms with E-state index in [-0.39, 0.29) is 0 Å². The van der Waals surface area contributed by atoms with Crippen LogP contribution in [-0.4, -0.2) is 21.5 Å². The van der Waals surface area contributed by atoms with Crippen LogP contribution >= 0.6 is 11.3 Å². The molecule has 3 aromatic rings. The Hall–Kier alpha value is -2.21. The van der Waals surface area contributed by atoms with Crippen molar-refractivity contribution in [2.24, 2.45) is 0 Å². The molecule has 0 spiro atoms. The van der Waals surface area contributed by atoms with Gasteiger partial charge in [-0.1, -0.05) is 6.07 Å². The molecule has 0 fully saturated rings. The molecule has 0 aromatic carbocycles. The highest BCUT2D eigenvalue weighted by molar-refractivity contribution is 7.16. The third-order valence-electron chi connectivity index (χ3n) is 2.74. The molecule has 0 atom stereocenters. The summed E-state index contributed by atoms with van der Waals surface area (Å²) >= 11 is 1.56. The van der Waals surface area contributed by atoms with E-state index in [1.165, 1.54) is 0 Å². The van der Waals surface area contributed by atoms with Crippen LogP contribution in [0.1, 0.15) is 5.69 Å². The third kappa shape index (κ3) is 2.63. The summed E-state index contributed by atoms with van der Waals surface area (Å²) in [6, 6.07) is 7.91. The summed E-state index contributed by atoms with van der Waals surface area (Å²) in [5.74, 6) is 1.09. The first kappa shape index (κ1) is 11.9. The number of hydrogen-bond acceptors (Lipinski definition) is 6. The van der Waals surface area contributed by atoms with Crippen molar-refractivity contribution in [3.63, 3.8) is 0 Å². The molecule has 3 N–H and O–H groups in total. The Morgan fingerprint density at radius 3 is 3.00 bits per heavy atom. The van der Waals surface area contributed by atoms with Gasteiger partial charge in [0.1, 0.15) is 10.6 Å². The van der Waals surface area contributed by atoms with Crippen LogP contribution in [0.5, 0.6) is 0 Å². The first-order chi connectivity index (χ1) is 9.33. The minimum Gasteiger partial charge on any atom is -0.369 e. The van der Waals surface area contributed by atoms with Crippen molar-refractivity contribution in [2.45, 2.75) is 6.42 Å². The molecule has 0 aliphatic carbocycles. The van der Waals surface area contributed by atoms with Gasteiger partial charge in [0.2, 0.25) is 5.95 Å². The van der Waals surface area contributed by atoms with E-state index < -0.39 is 0 Å². The number of anilines is 2. The number of hydrogen-bond donors (Lipinski definition) is 2. The lowest BCUT2D eigenvalue weighted by Crippen LogP contribution is -2.08. The van der Waals surface area contributed by atoms with Crippen molar-refractivity contribution in [1.82, 2.24) is 15.0 Å². The lowest BCUT2D eigenvalue weighted by molar-refractivity contribution is 0.955. The first-order valence-electron chi connectivity index (χ1n) is 5.97. The van der Waals surface area contributed by atoms with Crippen LogP contribution in [0.2, 0.25) is 0 Å². The Kier molecular flexibility index (Phi) is 3.24. The van der Waals surface area contributed by atoms with Gasteiger partial charge in [0.15, 0.2) is 0 Å². The number of nitrogen functional groups attached to an aromatic ring is 1. The van der Waals surface area contributed by atoms with Crippen LogP contribution < -0.4 is 11.1 Å². The van der Waals surface area contributed by atoms with Gasteiger partial charge in [-0.2, -0.15) is 4.98 Å². The number of aromatic nitrogens is 3. The number of pyridine rings is 1. The Labute approximate surface area is 114 Å². The van der Waals surface area contributed by atoms with Crippen LogP contribution in [0, 0.1) is 0 Å². The van der Waals surface area contributed by atoms with E-state index in [4.69, 9.17) is 5.73 Å². The van der Waals surface area contributed by atoms with Crippen LogP contribution in [0.3, 0.4) is 0 Å². The number of fused-ring (bicyclic) bond motifs is 1. The van der Waals surface area contributed by atoms with Crippen LogP contribution in [0.25, 0.3) is 10.2 Å². The molecule has 0 unspecified atom stereocenters. The minimum absolute atomic E-state index is 0.301. The molecule has 0 aliphatic rings. The van der Waals surface area contributed by atoms with Gasteiger partial charge in [-0.3, -0.25) is 4.98 Å². The zero-order valence-corrected chi connectivity index (χ0v) is 11.0. The average Bonchev–Trinajstić information content (AvgIpc) is 2.88. The Morgan fingerprint density at radius 1 is 1.21 bits per heavy atom. The van der Waals surface area contributed by atoms with E-state index in [1.807, 2.05) is 29.6 Å². The first-order valence-corrected chi connectivity index (χ1v) is 6.85. The zero-order valence-electron chi connectivity index (χ0n) is 10.2. The molecule has 96 valence electrons. The van der Waals surface area contributed by atoms with Crippen molar-refractivity contribution < 1.29 is 0 Å². The van der Waals surface area contributed by atoms with Crippen molar-refractivity contribution in [1.29, 1.82) is 0 Å². The van der Waals surface area contributed by atoms with Gasteiger partial charge in [-0.05, 0) is 23.6 Å². The summed E-state index contributed by atoms with van der Waals surface area (Å²) in [6.45, 7) is 0.762. The molecule has 0 radical (unpaired) electrons. The fourth-order valence-electron chi connectivity index (χ4n) is 1.86. The molecule has 0 bridgehead atoms. The van der Waals surface area contributed by atoms with Gasteiger partial charge < -0.3 is 11.1 Å². The molecule has 3 rings (SSSR count). The van der Waals surface area contributed by atoms with Gasteiger partial charge in [0, 0.05) is 24.9 Å². The second kappa shape index (κ2) is 5.19. The van der Waals surface area contributed by atoms with E-state index in [9.17, 15) is 0 Å². The zero-order chi connectivity index (χ0) is 13.1. The molecule has 3 aromatic heterocycles. The van der Waals surface area contributed by atoms with Gasteiger partial charge in [-0.15, -0.1) is 11.3 Å². The van der Waals surface area contributed by atoms with Gasteiger partial charge in [-0.25, -0.2) is 4.98 Å². The number of rotatable bonds is 4. The Bertz CT molecular complexity index is 680. The molecule has 0 amide bonds. The fraction of sp³-hybridized carbons (Fsp3) is 0.154. The summed E-state index contributed by atoms with van der Waals surface area (Å²) in [5.41, 5.74) is 6.75. The third-order valence-corrected chi connectivity index (χ3v) is 3.55. The summed E-state index contributed by atoms with van der Waals surface area (Å²) in [7, 11) is 0. The lowest BCUT2D eigenvalue weighted by Gasteiger charge is -2.07. The number of thiophene rings is 1. The maximum absolute atomic E-state index is 5.70. The van der Waals surface area contributed by atoms with Crippen LogP contribution in [0.15, 0.2) is 35.8 Å². The molecule has 5 nitrogen and oxygen atoms in total. The highest BCUT2D eigenvalue weighted by Gasteiger charge is 2.06. The van der Waals surface area contributed by atoms with Gasteiger partial charge in [0.25, 0.3) is 0 Å². The number of nitrogens with one attached hydrogen (secondary N) is 1. The van der Waals surface area contributed by atoms with Crippen molar-refractivity contribution >= 4 is 33.3 Å². The average molecular weight is 271 g/mol. The van der Waals surface area contributed by atoms with E-state index in [1.54, 1.807) is 17.5 Å². The fourth-order valence-corrected chi connectivity index (χ4v) is 2.63. The minimum atomic E-state index is 0.301. The predicted octanol–water partition coefficient (Wildman–Crippen LogP) is 2.32. The standard InChI is InChI=1S/C13H13N5S/c14-13-17-11(10-5-8-19-12(10)18-13)16-7-4-9-3-1-2-6-15-9/h1-3,5-6,8H,4,7H2,(H3,14,16,17,18). The molecule has 6 heteroatoms. The van der Waals surface area contributed by atoms with Gasteiger partial charge in [0.05, 0.1) is 5.39 Å². The van der Waals surface area contributed by atoms with Crippen molar-refractivity contribution in [3.05, 3.63) is 41.5 Å². The SMILES string of the molecule is Nc1nc(NCCc2ccccn2)c2ccsc2n1. The van der Waals surface area contributed by atoms with E-state index in [2.05, 4.69) is 20.3 Å².